The topological polar surface area (TPSA) is 96.3 Å². The molecule has 1 fully saturated rings. The van der Waals surface area contributed by atoms with Crippen LogP contribution >= 0.6 is 0 Å². The molecule has 1 aromatic heterocycles. The lowest BCUT2D eigenvalue weighted by molar-refractivity contribution is -0.139. The summed E-state index contributed by atoms with van der Waals surface area (Å²) >= 11 is 0. The van der Waals surface area contributed by atoms with Crippen molar-refractivity contribution in [3.8, 4) is 11.5 Å². The number of rotatable bonds is 9. The van der Waals surface area contributed by atoms with Crippen LogP contribution in [0.3, 0.4) is 0 Å². The Labute approximate surface area is 211 Å². The summed E-state index contributed by atoms with van der Waals surface area (Å²) in [5.74, 6) is 0.868. The van der Waals surface area contributed by atoms with Gasteiger partial charge in [0.1, 0.15) is 17.3 Å². The largest absolute Gasteiger partial charge is 0.497 e. The molecule has 2 heterocycles. The number of furan rings is 1. The van der Waals surface area contributed by atoms with Gasteiger partial charge in [-0.25, -0.2) is 0 Å². The Morgan fingerprint density at radius 1 is 0.889 bits per heavy atom. The van der Waals surface area contributed by atoms with Gasteiger partial charge in [-0.15, -0.1) is 0 Å². The number of piperazine rings is 1. The molecule has 36 heavy (non-hydrogen) atoms. The Bertz CT molecular complexity index is 1130. The maximum atomic E-state index is 12.5. The average molecular weight is 493 g/mol. The molecule has 0 spiro atoms. The van der Waals surface area contributed by atoms with E-state index in [0.29, 0.717) is 5.75 Å². The lowest BCUT2D eigenvalue weighted by Crippen LogP contribution is -2.50. The molecule has 9 heteroatoms. The lowest BCUT2D eigenvalue weighted by atomic mass is 10.1. The van der Waals surface area contributed by atoms with Crippen molar-refractivity contribution in [3.63, 3.8) is 0 Å². The van der Waals surface area contributed by atoms with E-state index >= 15 is 0 Å². The molecule has 0 bridgehead atoms. The summed E-state index contributed by atoms with van der Waals surface area (Å²) in [7, 11) is 3.23. The predicted octanol–water partition coefficient (Wildman–Crippen LogP) is 2.59. The second kappa shape index (κ2) is 12.1. The third-order valence-corrected chi connectivity index (χ3v) is 6.36. The first-order valence-corrected chi connectivity index (χ1v) is 11.9. The van der Waals surface area contributed by atoms with Crippen molar-refractivity contribution in [3.05, 3.63) is 78.3 Å². The van der Waals surface area contributed by atoms with E-state index < -0.39 is 11.8 Å². The van der Waals surface area contributed by atoms with Gasteiger partial charge in [-0.05, 0) is 42.5 Å². The number of carbonyl (C=O) groups is 2. The summed E-state index contributed by atoms with van der Waals surface area (Å²) < 4.78 is 16.2. The quantitative estimate of drug-likeness (QED) is 0.443. The fourth-order valence-corrected chi connectivity index (χ4v) is 4.35. The number of anilines is 1. The number of hydrogen-bond donors (Lipinski definition) is 2. The van der Waals surface area contributed by atoms with Crippen molar-refractivity contribution in [2.24, 2.45) is 0 Å². The smallest absolute Gasteiger partial charge is 0.309 e. The van der Waals surface area contributed by atoms with Crippen LogP contribution in [0.4, 0.5) is 5.69 Å². The van der Waals surface area contributed by atoms with E-state index in [1.807, 2.05) is 48.5 Å². The predicted molar refractivity (Wildman–Crippen MR) is 136 cm³/mol. The van der Waals surface area contributed by atoms with Crippen LogP contribution in [0.25, 0.3) is 0 Å². The molecule has 9 nitrogen and oxygen atoms in total. The first kappa shape index (κ1) is 25.1. The summed E-state index contributed by atoms with van der Waals surface area (Å²) in [5.41, 5.74) is 1.94. The van der Waals surface area contributed by atoms with E-state index in [9.17, 15) is 9.59 Å². The van der Waals surface area contributed by atoms with Gasteiger partial charge in [-0.2, -0.15) is 0 Å². The number of nitrogens with zero attached hydrogens (tertiary/aromatic N) is 2. The Morgan fingerprint density at radius 3 is 2.28 bits per heavy atom. The van der Waals surface area contributed by atoms with Crippen LogP contribution < -0.4 is 25.0 Å². The molecule has 0 saturated carbocycles. The number of para-hydroxylation sites is 1. The Morgan fingerprint density at radius 2 is 1.61 bits per heavy atom. The number of ether oxygens (including phenoxy) is 2. The molecule has 190 valence electrons. The molecule has 1 aliphatic rings. The highest BCUT2D eigenvalue weighted by atomic mass is 16.5. The number of carbonyl (C=O) groups excluding carboxylic acids is 2. The SMILES string of the molecule is COc1ccc(N2CCN([C@H](CNC(=O)C(=O)NCc3ccccc3OC)c3ccco3)CC2)cc1. The van der Waals surface area contributed by atoms with Crippen LogP contribution in [0, 0.1) is 0 Å². The van der Waals surface area contributed by atoms with Gasteiger partial charge < -0.3 is 29.4 Å². The molecule has 2 amide bonds. The van der Waals surface area contributed by atoms with Crippen molar-refractivity contribution in [2.45, 2.75) is 12.6 Å². The van der Waals surface area contributed by atoms with Gasteiger partial charge in [-0.3, -0.25) is 14.5 Å². The fourth-order valence-electron chi connectivity index (χ4n) is 4.35. The highest BCUT2D eigenvalue weighted by Gasteiger charge is 2.28. The molecule has 1 atom stereocenters. The molecular formula is C27H32N4O5. The molecule has 4 rings (SSSR count). The molecule has 1 aliphatic heterocycles. The van der Waals surface area contributed by atoms with E-state index in [1.54, 1.807) is 20.5 Å². The number of benzene rings is 2. The number of amides is 2. The number of hydrogen-bond acceptors (Lipinski definition) is 7. The van der Waals surface area contributed by atoms with Crippen LogP contribution in [0.15, 0.2) is 71.3 Å². The van der Waals surface area contributed by atoms with Gasteiger partial charge in [0.2, 0.25) is 0 Å². The Kier molecular flexibility index (Phi) is 8.46. The summed E-state index contributed by atoms with van der Waals surface area (Å²) in [4.78, 5) is 29.6. The minimum atomic E-state index is -0.691. The van der Waals surface area contributed by atoms with E-state index in [4.69, 9.17) is 13.9 Å². The van der Waals surface area contributed by atoms with E-state index in [0.717, 1.165) is 48.9 Å². The van der Waals surface area contributed by atoms with Crippen LogP contribution in [-0.4, -0.2) is 63.7 Å². The third kappa shape index (κ3) is 6.17. The van der Waals surface area contributed by atoms with Crippen molar-refractivity contribution >= 4 is 17.5 Å². The van der Waals surface area contributed by atoms with Gasteiger partial charge in [0, 0.05) is 50.5 Å². The fraction of sp³-hybridized carbons (Fsp3) is 0.333. The maximum Gasteiger partial charge on any atom is 0.309 e. The maximum absolute atomic E-state index is 12.5. The average Bonchev–Trinajstić information content (AvgIpc) is 3.47. The summed E-state index contributed by atoms with van der Waals surface area (Å²) in [6.45, 7) is 3.69. The van der Waals surface area contributed by atoms with Crippen molar-refractivity contribution in [2.75, 3.05) is 51.8 Å². The van der Waals surface area contributed by atoms with Crippen molar-refractivity contribution < 1.29 is 23.5 Å². The molecular weight excluding hydrogens is 460 g/mol. The minimum Gasteiger partial charge on any atom is -0.497 e. The van der Waals surface area contributed by atoms with E-state index in [1.165, 1.54) is 0 Å². The Hall–Kier alpha value is -3.98. The zero-order chi connectivity index (χ0) is 25.3. The number of methoxy groups -OCH3 is 2. The molecule has 3 aromatic rings. The van der Waals surface area contributed by atoms with E-state index in [2.05, 4.69) is 32.6 Å². The molecule has 2 aromatic carbocycles. The minimum absolute atomic E-state index is 0.177. The zero-order valence-corrected chi connectivity index (χ0v) is 20.6. The van der Waals surface area contributed by atoms with Gasteiger partial charge in [0.15, 0.2) is 0 Å². The first-order valence-electron chi connectivity index (χ1n) is 11.9. The second-order valence-corrected chi connectivity index (χ2v) is 8.46. The standard InChI is InChI=1S/C27H32N4O5/c1-34-22-11-9-21(10-12-22)30-13-15-31(16-14-30)23(25-8-5-17-36-25)19-29-27(33)26(32)28-18-20-6-3-4-7-24(20)35-2/h3-12,17,23H,13-16,18-19H2,1-2H3,(H,28,32)(H,29,33)/t23-/m1/s1. The third-order valence-electron chi connectivity index (χ3n) is 6.36. The van der Waals surface area contributed by atoms with E-state index in [-0.39, 0.29) is 19.1 Å². The molecule has 0 unspecified atom stereocenters. The van der Waals surface area contributed by atoms with Crippen LogP contribution in [0.5, 0.6) is 11.5 Å². The monoisotopic (exact) mass is 492 g/mol. The number of nitrogens with one attached hydrogen (secondary N) is 2. The molecule has 0 radical (unpaired) electrons. The highest BCUT2D eigenvalue weighted by molar-refractivity contribution is 6.35. The zero-order valence-electron chi connectivity index (χ0n) is 20.6. The van der Waals surface area contributed by atoms with Gasteiger partial charge in [-0.1, -0.05) is 18.2 Å². The van der Waals surface area contributed by atoms with Crippen molar-refractivity contribution in [1.82, 2.24) is 15.5 Å². The lowest BCUT2D eigenvalue weighted by Gasteiger charge is -2.39. The van der Waals surface area contributed by atoms with Gasteiger partial charge in [0.05, 0.1) is 26.5 Å². The van der Waals surface area contributed by atoms with Crippen molar-refractivity contribution in [1.29, 1.82) is 0 Å². The Balaban J connectivity index is 1.32. The highest BCUT2D eigenvalue weighted by Crippen LogP contribution is 2.25. The van der Waals surface area contributed by atoms with Crippen LogP contribution in [0.2, 0.25) is 0 Å². The summed E-state index contributed by atoms with van der Waals surface area (Å²) in [6.07, 6.45) is 1.62. The molecule has 2 N–H and O–H groups in total. The van der Waals surface area contributed by atoms with Gasteiger partial charge in [0.25, 0.3) is 0 Å². The normalized spacial score (nSPS) is 14.7. The van der Waals surface area contributed by atoms with Gasteiger partial charge >= 0.3 is 11.8 Å². The second-order valence-electron chi connectivity index (χ2n) is 8.46. The summed E-state index contributed by atoms with van der Waals surface area (Å²) in [5, 5.41) is 5.44. The van der Waals surface area contributed by atoms with Crippen LogP contribution in [0.1, 0.15) is 17.4 Å². The molecule has 1 saturated heterocycles. The van der Waals surface area contributed by atoms with Crippen LogP contribution in [-0.2, 0) is 16.1 Å². The molecule has 0 aliphatic carbocycles. The summed E-state index contributed by atoms with van der Waals surface area (Å²) in [6, 6.07) is 18.9. The first-order chi connectivity index (χ1) is 17.6.